The summed E-state index contributed by atoms with van der Waals surface area (Å²) in [5, 5.41) is 0. The van der Waals surface area contributed by atoms with Gasteiger partial charge in [-0.15, -0.1) is 0 Å². The third-order valence-electron chi connectivity index (χ3n) is 5.29. The first kappa shape index (κ1) is 8.15. The van der Waals surface area contributed by atoms with Gasteiger partial charge in [-0.2, -0.15) is 0 Å². The molecule has 3 saturated carbocycles. The normalized spacial score (nSPS) is 60.0. The molecule has 1 aliphatic heterocycles. The fourth-order valence-electron chi connectivity index (χ4n) is 4.18. The van der Waals surface area contributed by atoms with Gasteiger partial charge in [0.15, 0.2) is 0 Å². The van der Waals surface area contributed by atoms with Gasteiger partial charge >= 0.3 is 0 Å². The maximum Gasteiger partial charge on any atom is 0.0844 e. The Bertz CT molecular complexity index is 224. The van der Waals surface area contributed by atoms with Gasteiger partial charge in [-0.05, 0) is 68.6 Å². The molecule has 0 spiro atoms. The van der Waals surface area contributed by atoms with E-state index in [-0.39, 0.29) is 0 Å². The summed E-state index contributed by atoms with van der Waals surface area (Å²) < 4.78 is 5.64. The second-order valence-corrected chi connectivity index (χ2v) is 6.12. The van der Waals surface area contributed by atoms with E-state index in [1.54, 1.807) is 25.7 Å². The number of hydrogen-bond donors (Lipinski definition) is 0. The molecule has 0 amide bonds. The third kappa shape index (κ3) is 1.25. The second kappa shape index (κ2) is 2.75. The molecule has 4 unspecified atom stereocenters. The first-order chi connectivity index (χ1) is 6.90. The Morgan fingerprint density at radius 2 is 1.21 bits per heavy atom. The zero-order valence-electron chi connectivity index (χ0n) is 8.82. The van der Waals surface area contributed by atoms with Crippen LogP contribution < -0.4 is 0 Å². The molecule has 0 aromatic heterocycles. The summed E-state index contributed by atoms with van der Waals surface area (Å²) in [5.41, 5.74) is 0. The van der Waals surface area contributed by atoms with E-state index in [9.17, 15) is 0 Å². The van der Waals surface area contributed by atoms with Crippen molar-refractivity contribution in [2.45, 2.75) is 57.2 Å². The molecule has 1 heterocycles. The molecule has 0 aromatic carbocycles. The highest BCUT2D eigenvalue weighted by Gasteiger charge is 2.49. The third-order valence-corrected chi connectivity index (χ3v) is 5.29. The Hall–Kier alpha value is -0.0400. The maximum absolute atomic E-state index is 5.64. The van der Waals surface area contributed by atoms with E-state index in [0.29, 0.717) is 12.2 Å². The lowest BCUT2D eigenvalue weighted by molar-refractivity contribution is 0.199. The minimum Gasteiger partial charge on any atom is -0.370 e. The number of fused-ring (bicyclic) bond motifs is 2. The fraction of sp³-hybridized carbons (Fsp3) is 1.00. The van der Waals surface area contributed by atoms with Crippen LogP contribution in [0.4, 0.5) is 0 Å². The molecule has 1 saturated heterocycles. The van der Waals surface area contributed by atoms with E-state index >= 15 is 0 Å². The predicted molar refractivity (Wildman–Crippen MR) is 54.9 cm³/mol. The Balaban J connectivity index is 1.41. The van der Waals surface area contributed by atoms with Crippen LogP contribution in [0.1, 0.15) is 44.9 Å². The quantitative estimate of drug-likeness (QED) is 0.582. The first-order valence-corrected chi connectivity index (χ1v) is 6.55. The molecule has 78 valence electrons. The zero-order chi connectivity index (χ0) is 9.12. The van der Waals surface area contributed by atoms with Crippen molar-refractivity contribution in [3.05, 3.63) is 0 Å². The van der Waals surface area contributed by atoms with Crippen molar-refractivity contribution in [3.63, 3.8) is 0 Å². The van der Waals surface area contributed by atoms with Crippen molar-refractivity contribution in [2.24, 2.45) is 23.7 Å². The molecule has 4 aliphatic rings. The molecule has 0 aromatic rings. The van der Waals surface area contributed by atoms with Crippen molar-refractivity contribution in [3.8, 4) is 0 Å². The average Bonchev–Trinajstić information content (AvgIpc) is 3.10. The lowest BCUT2D eigenvalue weighted by Gasteiger charge is -2.31. The molecular weight excluding hydrogens is 172 g/mol. The van der Waals surface area contributed by atoms with E-state index in [1.165, 1.54) is 25.2 Å². The molecule has 14 heavy (non-hydrogen) atoms. The molecule has 0 N–H and O–H groups in total. The van der Waals surface area contributed by atoms with Gasteiger partial charge < -0.3 is 4.74 Å². The zero-order valence-corrected chi connectivity index (χ0v) is 8.82. The molecule has 1 heteroatoms. The summed E-state index contributed by atoms with van der Waals surface area (Å²) >= 11 is 0. The summed E-state index contributed by atoms with van der Waals surface area (Å²) in [6.07, 6.45) is 11.9. The first-order valence-electron chi connectivity index (χ1n) is 6.55. The van der Waals surface area contributed by atoms with Crippen LogP contribution in [0, 0.1) is 23.7 Å². The molecule has 6 atom stereocenters. The molecule has 0 bridgehead atoms. The van der Waals surface area contributed by atoms with E-state index in [4.69, 9.17) is 4.74 Å². The topological polar surface area (TPSA) is 12.5 Å². The van der Waals surface area contributed by atoms with E-state index in [1.807, 2.05) is 0 Å². The molecule has 1 nitrogen and oxygen atoms in total. The van der Waals surface area contributed by atoms with E-state index in [2.05, 4.69) is 0 Å². The lowest BCUT2D eigenvalue weighted by atomic mass is 9.73. The summed E-state index contributed by atoms with van der Waals surface area (Å²) in [6, 6.07) is 0. The van der Waals surface area contributed by atoms with Crippen LogP contribution in [0.15, 0.2) is 0 Å². The lowest BCUT2D eigenvalue weighted by Crippen LogP contribution is -2.24. The number of epoxide rings is 1. The van der Waals surface area contributed by atoms with Crippen LogP contribution >= 0.6 is 0 Å². The van der Waals surface area contributed by atoms with Crippen LogP contribution in [0.3, 0.4) is 0 Å². The van der Waals surface area contributed by atoms with E-state index < -0.39 is 0 Å². The Morgan fingerprint density at radius 1 is 0.571 bits per heavy atom. The average molecular weight is 192 g/mol. The maximum atomic E-state index is 5.64. The van der Waals surface area contributed by atoms with Gasteiger partial charge in [-0.3, -0.25) is 0 Å². The minimum atomic E-state index is 0.698. The van der Waals surface area contributed by atoms with Crippen molar-refractivity contribution in [1.29, 1.82) is 0 Å². The Kier molecular flexibility index (Phi) is 1.60. The monoisotopic (exact) mass is 192 g/mol. The summed E-state index contributed by atoms with van der Waals surface area (Å²) in [6.45, 7) is 0. The van der Waals surface area contributed by atoms with Gasteiger partial charge in [-0.25, -0.2) is 0 Å². The smallest absolute Gasteiger partial charge is 0.0844 e. The predicted octanol–water partition coefficient (Wildman–Crippen LogP) is 2.99. The van der Waals surface area contributed by atoms with Crippen molar-refractivity contribution < 1.29 is 4.74 Å². The Morgan fingerprint density at radius 3 is 1.93 bits per heavy atom. The highest BCUT2D eigenvalue weighted by atomic mass is 16.6. The van der Waals surface area contributed by atoms with Crippen LogP contribution in [0.5, 0.6) is 0 Å². The summed E-state index contributed by atoms with van der Waals surface area (Å²) in [4.78, 5) is 0. The summed E-state index contributed by atoms with van der Waals surface area (Å²) in [7, 11) is 0. The van der Waals surface area contributed by atoms with Gasteiger partial charge in [0, 0.05) is 0 Å². The number of ether oxygens (including phenoxy) is 1. The van der Waals surface area contributed by atoms with E-state index in [0.717, 1.165) is 17.8 Å². The van der Waals surface area contributed by atoms with Crippen LogP contribution in [0.2, 0.25) is 0 Å². The van der Waals surface area contributed by atoms with Crippen molar-refractivity contribution >= 4 is 0 Å². The summed E-state index contributed by atoms with van der Waals surface area (Å²) in [5.74, 6) is 4.45. The van der Waals surface area contributed by atoms with Crippen LogP contribution in [0.25, 0.3) is 0 Å². The molecule has 4 rings (SSSR count). The van der Waals surface area contributed by atoms with Crippen LogP contribution in [-0.4, -0.2) is 12.2 Å². The standard InChI is InChI=1S/C13H20O/c1-2-9-6-11(9)5-8(1)10-3-4-12-13(7-10)14-12/h8-13H,1-7H2/t8?,9?,10-,11+,12?,13?/m0/s1. The van der Waals surface area contributed by atoms with Gasteiger partial charge in [-0.1, -0.05) is 0 Å². The van der Waals surface area contributed by atoms with Gasteiger partial charge in [0.1, 0.15) is 0 Å². The Labute approximate surface area is 86.2 Å². The van der Waals surface area contributed by atoms with Crippen LogP contribution in [-0.2, 0) is 4.74 Å². The fourth-order valence-corrected chi connectivity index (χ4v) is 4.18. The SMILES string of the molecule is C1C[C@H](C2CCC3C[C@H]3C2)CC2OC12. The van der Waals surface area contributed by atoms with Crippen molar-refractivity contribution in [1.82, 2.24) is 0 Å². The molecule has 3 aliphatic carbocycles. The number of hydrogen-bond acceptors (Lipinski definition) is 1. The highest BCUT2D eigenvalue weighted by Crippen LogP contribution is 2.55. The van der Waals surface area contributed by atoms with Crippen molar-refractivity contribution in [2.75, 3.05) is 0 Å². The molecule has 0 radical (unpaired) electrons. The highest BCUT2D eigenvalue weighted by molar-refractivity contribution is 4.98. The minimum absolute atomic E-state index is 0.698. The molecule has 4 fully saturated rings. The van der Waals surface area contributed by atoms with Gasteiger partial charge in [0.25, 0.3) is 0 Å². The second-order valence-electron chi connectivity index (χ2n) is 6.12. The molecular formula is C13H20O. The largest absolute Gasteiger partial charge is 0.370 e. The number of rotatable bonds is 1. The van der Waals surface area contributed by atoms with Gasteiger partial charge in [0.2, 0.25) is 0 Å². The van der Waals surface area contributed by atoms with Gasteiger partial charge in [0.05, 0.1) is 12.2 Å².